The smallest absolute Gasteiger partial charge is 0.253 e. The van der Waals surface area contributed by atoms with Crippen molar-refractivity contribution in [1.29, 1.82) is 0 Å². The molecule has 1 atom stereocenters. The predicted octanol–water partition coefficient (Wildman–Crippen LogP) is 0.788. The first-order chi connectivity index (χ1) is 10.3. The molecule has 21 heavy (non-hydrogen) atoms. The number of benzene rings is 1. The Morgan fingerprint density at radius 3 is 3.10 bits per heavy atom. The molecule has 1 aromatic heterocycles. The summed E-state index contributed by atoms with van der Waals surface area (Å²) in [4.78, 5) is 12.1. The summed E-state index contributed by atoms with van der Waals surface area (Å²) in [5, 5.41) is 13.8. The van der Waals surface area contributed by atoms with Gasteiger partial charge >= 0.3 is 0 Å². The number of aromatic nitrogens is 4. The Labute approximate surface area is 121 Å². The van der Waals surface area contributed by atoms with Crippen LogP contribution in [0, 0.1) is 0 Å². The van der Waals surface area contributed by atoms with Gasteiger partial charge in [-0.15, -0.1) is 5.10 Å². The zero-order chi connectivity index (χ0) is 14.7. The Kier molecular flexibility index (Phi) is 3.78. The Hall–Kier alpha value is -2.48. The monoisotopic (exact) mass is 289 g/mol. The van der Waals surface area contributed by atoms with E-state index in [1.54, 1.807) is 25.3 Å². The average Bonchev–Trinajstić information content (AvgIpc) is 3.20. The Morgan fingerprint density at radius 1 is 1.52 bits per heavy atom. The van der Waals surface area contributed by atoms with Crippen molar-refractivity contribution in [3.05, 3.63) is 24.5 Å². The number of nitrogens with zero attached hydrogens (tertiary/aromatic N) is 4. The maximum absolute atomic E-state index is 12.1. The molecule has 2 heterocycles. The fourth-order valence-corrected chi connectivity index (χ4v) is 2.20. The van der Waals surface area contributed by atoms with Crippen LogP contribution in [0.5, 0.6) is 5.75 Å². The van der Waals surface area contributed by atoms with Gasteiger partial charge in [0.2, 0.25) is 0 Å². The van der Waals surface area contributed by atoms with Crippen LogP contribution in [-0.2, 0) is 9.53 Å². The second-order valence-electron chi connectivity index (χ2n) is 4.63. The summed E-state index contributed by atoms with van der Waals surface area (Å²) in [6.07, 6.45) is 2.76. The zero-order valence-corrected chi connectivity index (χ0v) is 11.5. The lowest BCUT2D eigenvalue weighted by atomic mass is 10.2. The molecule has 1 aromatic carbocycles. The van der Waals surface area contributed by atoms with Crippen molar-refractivity contribution in [3.8, 4) is 11.4 Å². The van der Waals surface area contributed by atoms with Crippen LogP contribution in [0.15, 0.2) is 24.5 Å². The molecule has 0 aliphatic carbocycles. The van der Waals surface area contributed by atoms with Gasteiger partial charge in [0, 0.05) is 12.7 Å². The molecular weight excluding hydrogens is 274 g/mol. The normalized spacial score (nSPS) is 17.7. The number of anilines is 1. The van der Waals surface area contributed by atoms with Gasteiger partial charge in [-0.25, -0.2) is 4.68 Å². The molecule has 1 saturated heterocycles. The lowest BCUT2D eigenvalue weighted by molar-refractivity contribution is -0.124. The van der Waals surface area contributed by atoms with E-state index in [2.05, 4.69) is 20.8 Å². The molecule has 1 aliphatic rings. The molecule has 2 aromatic rings. The van der Waals surface area contributed by atoms with Crippen molar-refractivity contribution in [2.45, 2.75) is 18.9 Å². The van der Waals surface area contributed by atoms with Crippen LogP contribution in [0.25, 0.3) is 5.69 Å². The number of rotatable bonds is 4. The molecule has 1 fully saturated rings. The van der Waals surface area contributed by atoms with Crippen molar-refractivity contribution >= 4 is 11.6 Å². The molecule has 110 valence electrons. The molecule has 1 N–H and O–H groups in total. The third-order valence-corrected chi connectivity index (χ3v) is 3.28. The molecule has 1 amide bonds. The largest absolute Gasteiger partial charge is 0.494 e. The van der Waals surface area contributed by atoms with Gasteiger partial charge in [0.05, 0.1) is 18.5 Å². The summed E-state index contributed by atoms with van der Waals surface area (Å²) in [6, 6.07) is 5.30. The number of nitrogens with one attached hydrogen (secondary N) is 1. The van der Waals surface area contributed by atoms with Crippen molar-refractivity contribution in [3.63, 3.8) is 0 Å². The summed E-state index contributed by atoms with van der Waals surface area (Å²) in [5.74, 6) is 0.385. The fraction of sp³-hybridized carbons (Fsp3) is 0.385. The van der Waals surface area contributed by atoms with Crippen LogP contribution in [0.4, 0.5) is 5.69 Å². The minimum absolute atomic E-state index is 0.152. The quantitative estimate of drug-likeness (QED) is 0.894. The van der Waals surface area contributed by atoms with E-state index in [9.17, 15) is 4.79 Å². The molecule has 0 unspecified atom stereocenters. The topological polar surface area (TPSA) is 91.2 Å². The van der Waals surface area contributed by atoms with Crippen LogP contribution in [0.1, 0.15) is 12.8 Å². The lowest BCUT2D eigenvalue weighted by Gasteiger charge is -2.14. The number of carbonyl (C=O) groups is 1. The van der Waals surface area contributed by atoms with Crippen LogP contribution < -0.4 is 10.1 Å². The first-order valence-electron chi connectivity index (χ1n) is 6.62. The molecule has 3 rings (SSSR count). The van der Waals surface area contributed by atoms with Crippen LogP contribution >= 0.6 is 0 Å². The van der Waals surface area contributed by atoms with Gasteiger partial charge < -0.3 is 14.8 Å². The number of ether oxygens (including phenoxy) is 2. The Bertz CT molecular complexity index is 623. The number of carbonyl (C=O) groups excluding carboxylic acids is 1. The molecule has 8 nitrogen and oxygen atoms in total. The number of hydrogen-bond acceptors (Lipinski definition) is 6. The third-order valence-electron chi connectivity index (χ3n) is 3.28. The lowest BCUT2D eigenvalue weighted by Crippen LogP contribution is -2.27. The zero-order valence-electron chi connectivity index (χ0n) is 11.5. The number of methoxy groups -OCH3 is 1. The molecule has 0 spiro atoms. The van der Waals surface area contributed by atoms with Crippen molar-refractivity contribution in [2.24, 2.45) is 0 Å². The fourth-order valence-electron chi connectivity index (χ4n) is 2.20. The molecular formula is C13H15N5O3. The SMILES string of the molecule is COc1cc(-n2cnnn2)ccc1NC(=O)[C@H]1CCCO1. The molecule has 1 aliphatic heterocycles. The molecule has 0 bridgehead atoms. The number of tetrazole rings is 1. The Balaban J connectivity index is 1.80. The van der Waals surface area contributed by atoms with Gasteiger partial charge in [-0.1, -0.05) is 0 Å². The van der Waals surface area contributed by atoms with Crippen LogP contribution in [-0.4, -0.2) is 45.9 Å². The van der Waals surface area contributed by atoms with E-state index < -0.39 is 0 Å². The van der Waals surface area contributed by atoms with Gasteiger partial charge in [-0.2, -0.15) is 0 Å². The number of amides is 1. The van der Waals surface area contributed by atoms with Gasteiger partial charge in [0.15, 0.2) is 0 Å². The first-order valence-corrected chi connectivity index (χ1v) is 6.62. The van der Waals surface area contributed by atoms with E-state index in [1.807, 2.05) is 0 Å². The van der Waals surface area contributed by atoms with E-state index in [-0.39, 0.29) is 12.0 Å². The van der Waals surface area contributed by atoms with Crippen LogP contribution in [0.3, 0.4) is 0 Å². The summed E-state index contributed by atoms with van der Waals surface area (Å²) in [5.41, 5.74) is 1.33. The second-order valence-corrected chi connectivity index (χ2v) is 4.63. The van der Waals surface area contributed by atoms with Crippen molar-refractivity contribution in [2.75, 3.05) is 19.0 Å². The standard InChI is InChI=1S/C13H15N5O3/c1-20-12-7-9(18-8-14-16-17-18)4-5-10(12)15-13(19)11-3-2-6-21-11/h4-5,7-8,11H,2-3,6H2,1H3,(H,15,19)/t11-/m1/s1. The van der Waals surface area contributed by atoms with Crippen LogP contribution in [0.2, 0.25) is 0 Å². The maximum Gasteiger partial charge on any atom is 0.253 e. The van der Waals surface area contributed by atoms with Gasteiger partial charge in [0.25, 0.3) is 5.91 Å². The maximum atomic E-state index is 12.1. The minimum atomic E-state index is -0.381. The molecule has 0 saturated carbocycles. The summed E-state index contributed by atoms with van der Waals surface area (Å²) in [7, 11) is 1.54. The second kappa shape index (κ2) is 5.88. The summed E-state index contributed by atoms with van der Waals surface area (Å²) >= 11 is 0. The predicted molar refractivity (Wildman–Crippen MR) is 73.3 cm³/mol. The minimum Gasteiger partial charge on any atom is -0.494 e. The highest BCUT2D eigenvalue weighted by Gasteiger charge is 2.24. The summed E-state index contributed by atoms with van der Waals surface area (Å²) in [6.45, 7) is 0.632. The van der Waals surface area contributed by atoms with E-state index in [4.69, 9.17) is 9.47 Å². The highest BCUT2D eigenvalue weighted by Crippen LogP contribution is 2.27. The van der Waals surface area contributed by atoms with Gasteiger partial charge in [-0.05, 0) is 35.4 Å². The van der Waals surface area contributed by atoms with Crippen molar-refractivity contribution in [1.82, 2.24) is 20.2 Å². The van der Waals surface area contributed by atoms with Gasteiger partial charge in [-0.3, -0.25) is 4.79 Å². The van der Waals surface area contributed by atoms with E-state index in [0.717, 1.165) is 18.5 Å². The first kappa shape index (κ1) is 13.5. The molecule has 0 radical (unpaired) electrons. The van der Waals surface area contributed by atoms with Gasteiger partial charge in [0.1, 0.15) is 18.2 Å². The average molecular weight is 289 g/mol. The molecule has 8 heteroatoms. The third kappa shape index (κ3) is 2.84. The van der Waals surface area contributed by atoms with E-state index in [0.29, 0.717) is 18.0 Å². The van der Waals surface area contributed by atoms with E-state index >= 15 is 0 Å². The highest BCUT2D eigenvalue weighted by molar-refractivity contribution is 5.95. The highest BCUT2D eigenvalue weighted by atomic mass is 16.5. The Morgan fingerprint density at radius 2 is 2.43 bits per heavy atom. The van der Waals surface area contributed by atoms with Crippen molar-refractivity contribution < 1.29 is 14.3 Å². The van der Waals surface area contributed by atoms with E-state index in [1.165, 1.54) is 11.0 Å². The number of hydrogen-bond donors (Lipinski definition) is 1. The summed E-state index contributed by atoms with van der Waals surface area (Å²) < 4.78 is 12.2.